The van der Waals surface area contributed by atoms with Gasteiger partial charge in [-0.15, -0.1) is 0 Å². The number of aliphatic hydroxyl groups excluding tert-OH is 7. The van der Waals surface area contributed by atoms with E-state index >= 15 is 0 Å². The van der Waals surface area contributed by atoms with Gasteiger partial charge in [0.15, 0.2) is 0 Å². The summed E-state index contributed by atoms with van der Waals surface area (Å²) in [6.45, 7) is -0.324. The Morgan fingerprint density at radius 1 is 0.917 bits per heavy atom. The summed E-state index contributed by atoms with van der Waals surface area (Å²) >= 11 is 0. The number of piperidine rings is 1. The summed E-state index contributed by atoms with van der Waals surface area (Å²) in [6, 6.07) is -1.03. The summed E-state index contributed by atoms with van der Waals surface area (Å²) in [5.74, 6) is 0. The third-order valence-corrected chi connectivity index (χ3v) is 5.58. The minimum atomic E-state index is -1.84. The van der Waals surface area contributed by atoms with E-state index in [4.69, 9.17) is 4.74 Å². The van der Waals surface area contributed by atoms with E-state index in [2.05, 4.69) is 0 Å². The second kappa shape index (κ2) is 6.40. The fraction of sp³-hybridized carbons (Fsp3) is 1.00. The summed E-state index contributed by atoms with van der Waals surface area (Å²) < 4.78 is 5.43. The van der Waals surface area contributed by atoms with Gasteiger partial charge >= 0.3 is 0 Å². The van der Waals surface area contributed by atoms with Gasteiger partial charge in [0.1, 0.15) is 48.3 Å². The summed E-state index contributed by atoms with van der Waals surface area (Å²) in [4.78, 5) is 1.59. The third-order valence-electron chi connectivity index (χ3n) is 5.58. The van der Waals surface area contributed by atoms with Gasteiger partial charge in [-0.2, -0.15) is 0 Å². The highest BCUT2D eigenvalue weighted by atomic mass is 16.6. The van der Waals surface area contributed by atoms with E-state index in [1.54, 1.807) is 4.90 Å². The van der Waals surface area contributed by atoms with Crippen LogP contribution in [0.1, 0.15) is 6.42 Å². The Hall–Kier alpha value is -0.400. The number of hydrogen-bond acceptors (Lipinski definition) is 10. The smallest absolute Gasteiger partial charge is 0.117 e. The minimum Gasteiger partial charge on any atom is -0.394 e. The van der Waals surface area contributed by atoms with Crippen LogP contribution in [0.4, 0.5) is 0 Å². The van der Waals surface area contributed by atoms with Crippen molar-refractivity contribution in [3.8, 4) is 0 Å². The van der Waals surface area contributed by atoms with Crippen molar-refractivity contribution < 1.29 is 45.6 Å². The quantitative estimate of drug-likeness (QED) is 0.240. The van der Waals surface area contributed by atoms with Crippen molar-refractivity contribution in [2.45, 2.75) is 66.9 Å². The summed E-state index contributed by atoms with van der Waals surface area (Å²) in [5.41, 5.74) is -1.84. The predicted octanol–water partition coefficient (Wildman–Crippen LogP) is -5.27. The van der Waals surface area contributed by atoms with Crippen molar-refractivity contribution in [2.75, 3.05) is 19.7 Å². The standard InChI is InChI=1S/C14H25NO9/c16-4-6-8(19)9(20)11(22)13(24-6)14(23)1-2-15-3-5(17)7(18)10(21)12(14)15/h5-13,16-23H,1-4H2/t5-,6-,7+,8-,9+,10-,11-,12-,13+,14-/m1/s1. The zero-order chi connectivity index (χ0) is 17.8. The number of fused-ring (bicyclic) bond motifs is 1. The van der Waals surface area contributed by atoms with Gasteiger partial charge in [-0.25, -0.2) is 0 Å². The van der Waals surface area contributed by atoms with Crippen LogP contribution < -0.4 is 0 Å². The van der Waals surface area contributed by atoms with Crippen LogP contribution in [0, 0.1) is 0 Å². The number of hydrogen-bond donors (Lipinski definition) is 8. The molecule has 0 radical (unpaired) electrons. The molecule has 0 saturated carbocycles. The maximum absolute atomic E-state index is 11.1. The van der Waals surface area contributed by atoms with Gasteiger partial charge in [0.2, 0.25) is 0 Å². The maximum Gasteiger partial charge on any atom is 0.117 e. The average Bonchev–Trinajstić information content (AvgIpc) is 2.88. The molecule has 0 aromatic carbocycles. The highest BCUT2D eigenvalue weighted by molar-refractivity contribution is 5.15. The second-order valence-corrected chi connectivity index (χ2v) is 6.98. The van der Waals surface area contributed by atoms with Gasteiger partial charge in [-0.05, 0) is 6.42 Å². The van der Waals surface area contributed by atoms with Crippen molar-refractivity contribution in [1.82, 2.24) is 4.90 Å². The molecule has 3 aliphatic heterocycles. The Kier molecular flexibility index (Phi) is 4.90. The van der Waals surface area contributed by atoms with Gasteiger partial charge in [-0.3, -0.25) is 4.90 Å². The molecule has 8 N–H and O–H groups in total. The summed E-state index contributed by atoms with van der Waals surface area (Å²) in [7, 11) is 0. The SMILES string of the molecule is OC[C@H]1O[C@H]([C@@]2(O)CCN3C[C@@H](O)[C@H](O)[C@@H](O)[C@@H]32)[C@H](O)[C@@H](O)[C@@H]1O. The largest absolute Gasteiger partial charge is 0.394 e. The zero-order valence-corrected chi connectivity index (χ0v) is 13.0. The Bertz CT molecular complexity index is 466. The zero-order valence-electron chi connectivity index (χ0n) is 13.0. The van der Waals surface area contributed by atoms with Crippen molar-refractivity contribution in [2.24, 2.45) is 0 Å². The first kappa shape index (κ1) is 18.4. The lowest BCUT2D eigenvalue weighted by Crippen LogP contribution is -2.72. The topological polar surface area (TPSA) is 174 Å². The molecular formula is C14H25NO9. The lowest BCUT2D eigenvalue weighted by atomic mass is 9.76. The van der Waals surface area contributed by atoms with Crippen LogP contribution in [0.25, 0.3) is 0 Å². The molecular weight excluding hydrogens is 326 g/mol. The average molecular weight is 351 g/mol. The van der Waals surface area contributed by atoms with Gasteiger partial charge < -0.3 is 45.6 Å². The monoisotopic (exact) mass is 351 g/mol. The molecule has 3 aliphatic rings. The van der Waals surface area contributed by atoms with Crippen molar-refractivity contribution in [1.29, 1.82) is 0 Å². The van der Waals surface area contributed by atoms with Gasteiger partial charge in [-0.1, -0.05) is 0 Å². The van der Waals surface area contributed by atoms with E-state index in [-0.39, 0.29) is 19.5 Å². The molecule has 3 fully saturated rings. The maximum atomic E-state index is 11.1. The Morgan fingerprint density at radius 2 is 1.58 bits per heavy atom. The highest BCUT2D eigenvalue weighted by Gasteiger charge is 2.63. The van der Waals surface area contributed by atoms with Crippen LogP contribution in [-0.4, -0.2) is 126 Å². The molecule has 0 amide bonds. The molecule has 0 aliphatic carbocycles. The van der Waals surface area contributed by atoms with Gasteiger partial charge in [0, 0.05) is 13.1 Å². The van der Waals surface area contributed by atoms with E-state index in [1.165, 1.54) is 0 Å². The fourth-order valence-corrected chi connectivity index (χ4v) is 4.23. The van der Waals surface area contributed by atoms with Crippen molar-refractivity contribution >= 4 is 0 Å². The van der Waals surface area contributed by atoms with Crippen LogP contribution in [0.2, 0.25) is 0 Å². The first-order valence-electron chi connectivity index (χ1n) is 8.03. The van der Waals surface area contributed by atoms with Crippen LogP contribution in [0.5, 0.6) is 0 Å². The molecule has 140 valence electrons. The van der Waals surface area contributed by atoms with E-state index in [1.807, 2.05) is 0 Å². The second-order valence-electron chi connectivity index (χ2n) is 6.98. The minimum absolute atomic E-state index is 0.0304. The highest BCUT2D eigenvalue weighted by Crippen LogP contribution is 2.42. The van der Waals surface area contributed by atoms with Crippen molar-refractivity contribution in [3.63, 3.8) is 0 Å². The fourth-order valence-electron chi connectivity index (χ4n) is 4.23. The first-order valence-corrected chi connectivity index (χ1v) is 8.03. The predicted molar refractivity (Wildman–Crippen MR) is 76.7 cm³/mol. The molecule has 10 heteroatoms. The van der Waals surface area contributed by atoms with Gasteiger partial charge in [0.05, 0.1) is 18.8 Å². The first-order chi connectivity index (χ1) is 11.2. The molecule has 0 aromatic heterocycles. The molecule has 10 atom stereocenters. The number of nitrogens with zero attached hydrogens (tertiary/aromatic N) is 1. The van der Waals surface area contributed by atoms with Crippen LogP contribution in [0.15, 0.2) is 0 Å². The summed E-state index contributed by atoms with van der Waals surface area (Å²) in [5, 5.41) is 80.4. The van der Waals surface area contributed by atoms with Crippen LogP contribution in [0.3, 0.4) is 0 Å². The molecule has 10 nitrogen and oxygen atoms in total. The normalized spacial score (nSPS) is 56.2. The Balaban J connectivity index is 1.89. The third kappa shape index (κ3) is 2.58. The number of aliphatic hydroxyl groups is 8. The molecule has 3 heterocycles. The van der Waals surface area contributed by atoms with Crippen LogP contribution in [-0.2, 0) is 4.74 Å². The lowest BCUT2D eigenvalue weighted by molar-refractivity contribution is -0.282. The Morgan fingerprint density at radius 3 is 2.21 bits per heavy atom. The molecule has 0 bridgehead atoms. The number of rotatable bonds is 2. The van der Waals surface area contributed by atoms with Gasteiger partial charge in [0.25, 0.3) is 0 Å². The van der Waals surface area contributed by atoms with Crippen molar-refractivity contribution in [3.05, 3.63) is 0 Å². The van der Waals surface area contributed by atoms with E-state index in [0.717, 1.165) is 0 Å². The molecule has 3 saturated heterocycles. The van der Waals surface area contributed by atoms with Crippen LogP contribution >= 0.6 is 0 Å². The molecule has 24 heavy (non-hydrogen) atoms. The lowest BCUT2D eigenvalue weighted by Gasteiger charge is -2.51. The molecule has 0 spiro atoms. The molecule has 0 aromatic rings. The van der Waals surface area contributed by atoms with E-state index in [0.29, 0.717) is 0 Å². The number of ether oxygens (including phenoxy) is 1. The van der Waals surface area contributed by atoms with E-state index < -0.39 is 67.1 Å². The molecule has 3 rings (SSSR count). The summed E-state index contributed by atoms with van der Waals surface area (Å²) in [6.07, 6.45) is -11.5. The van der Waals surface area contributed by atoms with E-state index in [9.17, 15) is 40.9 Å². The molecule has 0 unspecified atom stereocenters. The Labute approximate surface area is 138 Å².